The van der Waals surface area contributed by atoms with Gasteiger partial charge in [0.2, 0.25) is 0 Å². The predicted molar refractivity (Wildman–Crippen MR) is 95.7 cm³/mol. The van der Waals surface area contributed by atoms with Crippen LogP contribution in [-0.2, 0) is 12.8 Å². The summed E-state index contributed by atoms with van der Waals surface area (Å²) in [6.45, 7) is 5.64. The van der Waals surface area contributed by atoms with Crippen molar-refractivity contribution in [1.29, 1.82) is 0 Å². The van der Waals surface area contributed by atoms with Crippen LogP contribution < -0.4 is 4.90 Å². The van der Waals surface area contributed by atoms with Gasteiger partial charge in [-0.3, -0.25) is 4.79 Å². The van der Waals surface area contributed by atoms with Crippen molar-refractivity contribution in [2.24, 2.45) is 5.92 Å². The van der Waals surface area contributed by atoms with E-state index in [1.807, 2.05) is 16.5 Å². The number of aromatic nitrogens is 1. The van der Waals surface area contributed by atoms with E-state index in [4.69, 9.17) is 0 Å². The second kappa shape index (κ2) is 6.24. The van der Waals surface area contributed by atoms with Crippen LogP contribution >= 0.6 is 22.7 Å². The molecule has 1 amide bonds. The second-order valence-corrected chi connectivity index (χ2v) is 8.33. The number of hydrogen-bond donors (Lipinski definition) is 0. The van der Waals surface area contributed by atoms with Crippen molar-refractivity contribution in [3.63, 3.8) is 0 Å². The first-order valence-electron chi connectivity index (χ1n) is 8.25. The van der Waals surface area contributed by atoms with Gasteiger partial charge < -0.3 is 9.80 Å². The Kier molecular flexibility index (Phi) is 4.11. The normalized spacial score (nSPS) is 21.3. The second-order valence-electron chi connectivity index (χ2n) is 6.49. The van der Waals surface area contributed by atoms with Crippen molar-refractivity contribution >= 4 is 33.7 Å². The van der Waals surface area contributed by atoms with E-state index >= 15 is 0 Å². The molecule has 1 atom stereocenters. The zero-order valence-corrected chi connectivity index (χ0v) is 15.0. The minimum absolute atomic E-state index is 0.232. The van der Waals surface area contributed by atoms with Crippen LogP contribution in [0.2, 0.25) is 0 Å². The Balaban J connectivity index is 1.45. The maximum atomic E-state index is 12.9. The Labute approximate surface area is 144 Å². The summed E-state index contributed by atoms with van der Waals surface area (Å²) in [6, 6.07) is 0. The van der Waals surface area contributed by atoms with Gasteiger partial charge in [-0.2, -0.15) is 0 Å². The van der Waals surface area contributed by atoms with Crippen molar-refractivity contribution in [2.75, 3.05) is 31.1 Å². The number of anilines is 1. The molecule has 122 valence electrons. The fourth-order valence-electron chi connectivity index (χ4n) is 3.50. The van der Waals surface area contributed by atoms with Gasteiger partial charge in [-0.05, 0) is 30.7 Å². The van der Waals surface area contributed by atoms with Crippen LogP contribution in [0.5, 0.6) is 0 Å². The smallest absolute Gasteiger partial charge is 0.255 e. The van der Waals surface area contributed by atoms with E-state index in [0.717, 1.165) is 55.6 Å². The molecule has 2 aromatic heterocycles. The first-order valence-corrected chi connectivity index (χ1v) is 10.0. The molecule has 1 aliphatic carbocycles. The molecule has 23 heavy (non-hydrogen) atoms. The highest BCUT2D eigenvalue weighted by Gasteiger charge is 2.28. The number of piperazine rings is 1. The fourth-order valence-corrected chi connectivity index (χ4v) is 5.43. The summed E-state index contributed by atoms with van der Waals surface area (Å²) in [5.41, 5.74) is 2.31. The van der Waals surface area contributed by atoms with Crippen LogP contribution in [0.1, 0.15) is 34.1 Å². The predicted octanol–water partition coefficient (Wildman–Crippen LogP) is 3.29. The van der Waals surface area contributed by atoms with E-state index in [1.165, 1.54) is 16.9 Å². The van der Waals surface area contributed by atoms with Gasteiger partial charge in [0.05, 0.1) is 5.56 Å². The molecule has 0 aromatic carbocycles. The number of hydrogen-bond acceptors (Lipinski definition) is 5. The summed E-state index contributed by atoms with van der Waals surface area (Å²) in [4.78, 5) is 23.0. The molecule has 2 aliphatic rings. The van der Waals surface area contributed by atoms with Gasteiger partial charge in [0.25, 0.3) is 5.91 Å². The van der Waals surface area contributed by atoms with Gasteiger partial charge >= 0.3 is 0 Å². The SMILES string of the molecule is C[C@@H]1CCc2c(C(=O)N3CCN(c4nccs4)CC3)csc2C1. The minimum atomic E-state index is 0.232. The van der Waals surface area contributed by atoms with Gasteiger partial charge in [0, 0.05) is 48.0 Å². The van der Waals surface area contributed by atoms with Gasteiger partial charge in [-0.15, -0.1) is 22.7 Å². The number of nitrogens with zero attached hydrogens (tertiary/aromatic N) is 3. The number of carbonyl (C=O) groups is 1. The van der Waals surface area contributed by atoms with Crippen molar-refractivity contribution in [1.82, 2.24) is 9.88 Å². The van der Waals surface area contributed by atoms with Crippen LogP contribution in [0.3, 0.4) is 0 Å². The number of rotatable bonds is 2. The van der Waals surface area contributed by atoms with E-state index in [-0.39, 0.29) is 5.91 Å². The molecule has 2 aromatic rings. The highest BCUT2D eigenvalue weighted by molar-refractivity contribution is 7.13. The van der Waals surface area contributed by atoms with E-state index in [1.54, 1.807) is 22.7 Å². The van der Waals surface area contributed by atoms with Gasteiger partial charge in [-0.25, -0.2) is 4.98 Å². The lowest BCUT2D eigenvalue weighted by molar-refractivity contribution is 0.0746. The zero-order valence-electron chi connectivity index (χ0n) is 13.3. The van der Waals surface area contributed by atoms with Crippen molar-refractivity contribution in [2.45, 2.75) is 26.2 Å². The third kappa shape index (κ3) is 2.90. The zero-order chi connectivity index (χ0) is 15.8. The molecular formula is C17H21N3OS2. The summed E-state index contributed by atoms with van der Waals surface area (Å²) in [7, 11) is 0. The highest BCUT2D eigenvalue weighted by Crippen LogP contribution is 2.33. The maximum Gasteiger partial charge on any atom is 0.255 e. The lowest BCUT2D eigenvalue weighted by atomic mass is 9.88. The molecule has 0 bridgehead atoms. The highest BCUT2D eigenvalue weighted by atomic mass is 32.1. The molecule has 0 N–H and O–H groups in total. The molecule has 0 unspecified atom stereocenters. The lowest BCUT2D eigenvalue weighted by Crippen LogP contribution is -2.48. The average molecular weight is 348 g/mol. The summed E-state index contributed by atoms with van der Waals surface area (Å²) in [6.07, 6.45) is 5.27. The minimum Gasteiger partial charge on any atom is -0.345 e. The number of carbonyl (C=O) groups excluding carboxylic acids is 1. The van der Waals surface area contributed by atoms with Crippen LogP contribution in [0, 0.1) is 5.92 Å². The quantitative estimate of drug-likeness (QED) is 0.836. The first-order chi connectivity index (χ1) is 11.2. The molecule has 1 saturated heterocycles. The topological polar surface area (TPSA) is 36.4 Å². The van der Waals surface area contributed by atoms with Gasteiger partial charge in [-0.1, -0.05) is 6.92 Å². The summed E-state index contributed by atoms with van der Waals surface area (Å²) < 4.78 is 0. The van der Waals surface area contributed by atoms with E-state index in [2.05, 4.69) is 22.2 Å². The molecule has 6 heteroatoms. The summed E-state index contributed by atoms with van der Waals surface area (Å²) >= 11 is 3.45. The molecule has 0 saturated carbocycles. The number of amides is 1. The fraction of sp³-hybridized carbons (Fsp3) is 0.529. The molecule has 3 heterocycles. The Morgan fingerprint density at radius 2 is 2.09 bits per heavy atom. The third-order valence-electron chi connectivity index (χ3n) is 4.89. The van der Waals surface area contributed by atoms with E-state index in [0.29, 0.717) is 0 Å². The van der Waals surface area contributed by atoms with Crippen molar-refractivity contribution in [3.8, 4) is 0 Å². The molecule has 0 spiro atoms. The van der Waals surface area contributed by atoms with Gasteiger partial charge in [0.15, 0.2) is 5.13 Å². The summed E-state index contributed by atoms with van der Waals surface area (Å²) in [5, 5.41) is 5.17. The lowest BCUT2D eigenvalue weighted by Gasteiger charge is -2.34. The Hall–Kier alpha value is -1.40. The standard InChI is InChI=1S/C17H21N3OS2/c1-12-2-3-13-14(11-23-15(13)10-12)16(21)19-5-7-20(8-6-19)17-18-4-9-22-17/h4,9,11-12H,2-3,5-8,10H2,1H3/t12-/m1/s1. The van der Waals surface area contributed by atoms with Crippen molar-refractivity contribution in [3.05, 3.63) is 33.0 Å². The van der Waals surface area contributed by atoms with Crippen molar-refractivity contribution < 1.29 is 4.79 Å². The van der Waals surface area contributed by atoms with Crippen LogP contribution in [-0.4, -0.2) is 42.0 Å². The average Bonchev–Trinajstić information content (AvgIpc) is 3.23. The molecule has 4 rings (SSSR count). The Morgan fingerprint density at radius 3 is 2.83 bits per heavy atom. The number of fused-ring (bicyclic) bond motifs is 1. The summed E-state index contributed by atoms with van der Waals surface area (Å²) in [5.74, 6) is 0.988. The van der Waals surface area contributed by atoms with Crippen LogP contribution in [0.25, 0.3) is 0 Å². The maximum absolute atomic E-state index is 12.9. The molecule has 4 nitrogen and oxygen atoms in total. The largest absolute Gasteiger partial charge is 0.345 e. The Morgan fingerprint density at radius 1 is 1.26 bits per heavy atom. The van der Waals surface area contributed by atoms with Crippen LogP contribution in [0.15, 0.2) is 17.0 Å². The first kappa shape index (κ1) is 15.1. The molecular weight excluding hydrogens is 326 g/mol. The monoisotopic (exact) mass is 347 g/mol. The van der Waals surface area contributed by atoms with Gasteiger partial charge in [0.1, 0.15) is 0 Å². The number of thiophene rings is 1. The molecule has 1 aliphatic heterocycles. The van der Waals surface area contributed by atoms with Crippen LogP contribution in [0.4, 0.5) is 5.13 Å². The van der Waals surface area contributed by atoms with E-state index in [9.17, 15) is 4.79 Å². The van der Waals surface area contributed by atoms with E-state index < -0.39 is 0 Å². The Bertz CT molecular complexity index is 687. The third-order valence-corrected chi connectivity index (χ3v) is 6.77. The molecule has 1 fully saturated rings. The molecule has 0 radical (unpaired) electrons. The number of thiazole rings is 1.